The Kier molecular flexibility index (Phi) is 4.42. The smallest absolute Gasteiger partial charge is 0.120 e. The fourth-order valence-electron chi connectivity index (χ4n) is 3.25. The Morgan fingerprint density at radius 3 is 2.87 bits per heavy atom. The molecule has 0 radical (unpaired) electrons. The predicted molar refractivity (Wildman–Crippen MR) is 85.4 cm³/mol. The second-order valence-electron chi connectivity index (χ2n) is 6.23. The molecule has 6 heteroatoms. The summed E-state index contributed by atoms with van der Waals surface area (Å²) in [4.78, 5) is 10.6. The molecule has 0 bridgehead atoms. The molecule has 0 amide bonds. The second-order valence-corrected chi connectivity index (χ2v) is 6.23. The summed E-state index contributed by atoms with van der Waals surface area (Å²) in [6.07, 6.45) is 5.49. The van der Waals surface area contributed by atoms with E-state index in [-0.39, 0.29) is 12.0 Å². The number of β-amino-alcohol motifs (C(OH)–C–C–N with tert-alkyl or cyclic N) is 1. The summed E-state index contributed by atoms with van der Waals surface area (Å²) in [5.74, 6) is 0.172. The van der Waals surface area contributed by atoms with Gasteiger partial charge in [-0.05, 0) is 25.0 Å². The molecule has 2 aromatic rings. The van der Waals surface area contributed by atoms with Gasteiger partial charge in [0, 0.05) is 56.9 Å². The summed E-state index contributed by atoms with van der Waals surface area (Å²) in [6, 6.07) is 4.15. The first-order valence-corrected chi connectivity index (χ1v) is 7.79. The number of aliphatic hydroxyl groups is 1. The third-order valence-electron chi connectivity index (χ3n) is 4.72. The lowest BCUT2D eigenvalue weighted by Crippen LogP contribution is -2.21. The van der Waals surface area contributed by atoms with Crippen LogP contribution in [0, 0.1) is 24.2 Å². The number of likely N-dealkylation sites (tertiary alicyclic amines) is 1. The van der Waals surface area contributed by atoms with E-state index in [1.165, 1.54) is 0 Å². The Hall–Kier alpha value is -2.23. The van der Waals surface area contributed by atoms with E-state index in [4.69, 9.17) is 5.26 Å². The fourth-order valence-corrected chi connectivity index (χ4v) is 3.25. The van der Waals surface area contributed by atoms with E-state index >= 15 is 0 Å². The fraction of sp³-hybridized carbons (Fsp3) is 0.471. The van der Waals surface area contributed by atoms with Crippen LogP contribution in [0.5, 0.6) is 0 Å². The van der Waals surface area contributed by atoms with Crippen LogP contribution in [0.4, 0.5) is 0 Å². The highest BCUT2D eigenvalue weighted by Gasteiger charge is 2.32. The number of aliphatic hydroxyl groups excluding tert-OH is 1. The number of rotatable bonds is 4. The lowest BCUT2D eigenvalue weighted by Gasteiger charge is -2.15. The van der Waals surface area contributed by atoms with Crippen LogP contribution in [-0.4, -0.2) is 43.7 Å². The zero-order valence-electron chi connectivity index (χ0n) is 13.5. The first-order valence-electron chi connectivity index (χ1n) is 7.79. The first kappa shape index (κ1) is 15.7. The minimum Gasteiger partial charge on any atom is -0.391 e. The molecule has 3 heterocycles. The molecule has 0 saturated carbocycles. The lowest BCUT2D eigenvalue weighted by molar-refractivity contribution is 0.140. The third-order valence-corrected chi connectivity index (χ3v) is 4.72. The molecule has 120 valence electrons. The summed E-state index contributed by atoms with van der Waals surface area (Å²) in [5, 5.41) is 19.5. The zero-order chi connectivity index (χ0) is 16.4. The van der Waals surface area contributed by atoms with Crippen LogP contribution in [0.1, 0.15) is 22.6 Å². The molecule has 0 unspecified atom stereocenters. The van der Waals surface area contributed by atoms with Crippen LogP contribution in [0.15, 0.2) is 24.7 Å². The van der Waals surface area contributed by atoms with Crippen molar-refractivity contribution in [2.45, 2.75) is 26.0 Å². The average molecular weight is 311 g/mol. The average Bonchev–Trinajstić information content (AvgIpc) is 3.03. The van der Waals surface area contributed by atoms with Gasteiger partial charge in [0.1, 0.15) is 11.8 Å². The monoisotopic (exact) mass is 311 g/mol. The third kappa shape index (κ3) is 3.26. The number of nitriles is 1. The largest absolute Gasteiger partial charge is 0.391 e. The van der Waals surface area contributed by atoms with Gasteiger partial charge in [-0.3, -0.25) is 14.9 Å². The molecule has 23 heavy (non-hydrogen) atoms. The van der Waals surface area contributed by atoms with Crippen molar-refractivity contribution in [3.05, 3.63) is 47.3 Å². The number of nitrogens with zero attached hydrogens (tertiary/aromatic N) is 5. The molecule has 2 aromatic heterocycles. The lowest BCUT2D eigenvalue weighted by atomic mass is 10.0. The number of aromatic nitrogens is 3. The van der Waals surface area contributed by atoms with E-state index < -0.39 is 0 Å². The normalized spacial score (nSPS) is 21.5. The van der Waals surface area contributed by atoms with E-state index in [0.717, 1.165) is 36.5 Å². The van der Waals surface area contributed by atoms with Crippen molar-refractivity contribution in [3.63, 3.8) is 0 Å². The number of hydrogen-bond donors (Lipinski definition) is 1. The van der Waals surface area contributed by atoms with Gasteiger partial charge in [-0.15, -0.1) is 0 Å². The molecule has 0 spiro atoms. The van der Waals surface area contributed by atoms with Gasteiger partial charge in [-0.25, -0.2) is 0 Å². The molecule has 1 aliphatic heterocycles. The van der Waals surface area contributed by atoms with Gasteiger partial charge in [0.15, 0.2) is 0 Å². The summed E-state index contributed by atoms with van der Waals surface area (Å²) in [6.45, 7) is 4.27. The highest BCUT2D eigenvalue weighted by molar-refractivity contribution is 5.34. The number of hydrogen-bond acceptors (Lipinski definition) is 5. The van der Waals surface area contributed by atoms with E-state index in [9.17, 15) is 5.11 Å². The van der Waals surface area contributed by atoms with Crippen LogP contribution in [0.3, 0.4) is 0 Å². The summed E-state index contributed by atoms with van der Waals surface area (Å²) >= 11 is 0. The van der Waals surface area contributed by atoms with E-state index in [0.29, 0.717) is 12.2 Å². The van der Waals surface area contributed by atoms with Crippen molar-refractivity contribution in [1.29, 1.82) is 5.26 Å². The van der Waals surface area contributed by atoms with E-state index in [2.05, 4.69) is 20.9 Å². The molecule has 1 aliphatic rings. The predicted octanol–water partition coefficient (Wildman–Crippen LogP) is 1.03. The Bertz CT molecular complexity index is 719. The van der Waals surface area contributed by atoms with Gasteiger partial charge in [-0.2, -0.15) is 5.26 Å². The summed E-state index contributed by atoms with van der Waals surface area (Å²) in [5.41, 5.74) is 3.85. The van der Waals surface area contributed by atoms with Crippen LogP contribution >= 0.6 is 0 Å². The maximum Gasteiger partial charge on any atom is 0.120 e. The molecule has 1 N–H and O–H groups in total. The summed E-state index contributed by atoms with van der Waals surface area (Å²) in [7, 11) is 1.91. The molecule has 2 atom stereocenters. The topological polar surface area (TPSA) is 78.0 Å². The van der Waals surface area contributed by atoms with Gasteiger partial charge < -0.3 is 9.67 Å². The van der Waals surface area contributed by atoms with Crippen molar-refractivity contribution in [2.24, 2.45) is 13.0 Å². The van der Waals surface area contributed by atoms with Gasteiger partial charge in [0.2, 0.25) is 0 Å². The highest BCUT2D eigenvalue weighted by atomic mass is 16.3. The second kappa shape index (κ2) is 6.49. The van der Waals surface area contributed by atoms with Crippen LogP contribution in [0.25, 0.3) is 0 Å². The van der Waals surface area contributed by atoms with Gasteiger partial charge in [0.05, 0.1) is 11.8 Å². The molecule has 0 aliphatic carbocycles. The van der Waals surface area contributed by atoms with Crippen molar-refractivity contribution in [1.82, 2.24) is 19.4 Å². The SMILES string of the molecule is Cc1c(CN2C[C@@H](Cc3cnccn3)[C@H](O)C2)cc(C#N)n1C. The van der Waals surface area contributed by atoms with E-state index in [1.54, 1.807) is 18.6 Å². The Balaban J connectivity index is 1.66. The van der Waals surface area contributed by atoms with Gasteiger partial charge in [-0.1, -0.05) is 0 Å². The maximum absolute atomic E-state index is 10.3. The van der Waals surface area contributed by atoms with Crippen LogP contribution < -0.4 is 0 Å². The van der Waals surface area contributed by atoms with Gasteiger partial charge >= 0.3 is 0 Å². The molecule has 1 saturated heterocycles. The first-order chi connectivity index (χ1) is 11.1. The zero-order valence-corrected chi connectivity index (χ0v) is 13.5. The molecule has 0 aromatic carbocycles. The maximum atomic E-state index is 10.3. The van der Waals surface area contributed by atoms with Crippen LogP contribution in [0.2, 0.25) is 0 Å². The Morgan fingerprint density at radius 1 is 1.39 bits per heavy atom. The van der Waals surface area contributed by atoms with Crippen molar-refractivity contribution < 1.29 is 5.11 Å². The van der Waals surface area contributed by atoms with Crippen LogP contribution in [-0.2, 0) is 20.0 Å². The standard InChI is InChI=1S/C17H21N5O/c1-12-13(6-16(7-18)21(12)2)9-22-10-14(17(23)11-22)5-15-8-19-3-4-20-15/h3-4,6,8,14,17,23H,5,9-11H2,1-2H3/t14-,17-/m1/s1. The Labute approximate surface area is 136 Å². The molecule has 6 nitrogen and oxygen atoms in total. The minimum atomic E-state index is -0.350. The van der Waals surface area contributed by atoms with Gasteiger partial charge in [0.25, 0.3) is 0 Å². The van der Waals surface area contributed by atoms with Crippen molar-refractivity contribution >= 4 is 0 Å². The molecule has 3 rings (SSSR count). The molecule has 1 fully saturated rings. The quantitative estimate of drug-likeness (QED) is 0.912. The molecular formula is C17H21N5O. The Morgan fingerprint density at radius 2 is 2.22 bits per heavy atom. The highest BCUT2D eigenvalue weighted by Crippen LogP contribution is 2.24. The van der Waals surface area contributed by atoms with Crippen molar-refractivity contribution in [2.75, 3.05) is 13.1 Å². The van der Waals surface area contributed by atoms with E-state index in [1.807, 2.05) is 24.6 Å². The minimum absolute atomic E-state index is 0.172. The summed E-state index contributed by atoms with van der Waals surface area (Å²) < 4.78 is 1.92. The molecular weight excluding hydrogens is 290 g/mol. The van der Waals surface area contributed by atoms with Crippen molar-refractivity contribution in [3.8, 4) is 6.07 Å².